The Hall–Kier alpha value is -4.50. The minimum absolute atomic E-state index is 0.0904. The molecular formula is C33H25N3. The molecule has 0 spiro atoms. The summed E-state index contributed by atoms with van der Waals surface area (Å²) in [5.74, 6) is 0.700. The first kappa shape index (κ1) is 20.8. The Kier molecular flexibility index (Phi) is 4.49. The quantitative estimate of drug-likeness (QED) is 0.300. The zero-order valence-corrected chi connectivity index (χ0v) is 20.3. The first-order chi connectivity index (χ1) is 17.6. The van der Waals surface area contributed by atoms with E-state index < -0.39 is 0 Å². The van der Waals surface area contributed by atoms with Crippen molar-refractivity contribution in [2.45, 2.75) is 13.8 Å². The number of hydrogen-bond donors (Lipinski definition) is 0. The third kappa shape index (κ3) is 3.20. The van der Waals surface area contributed by atoms with Crippen LogP contribution in [0.2, 0.25) is 0 Å². The van der Waals surface area contributed by atoms with Gasteiger partial charge in [-0.3, -0.25) is 4.57 Å². The van der Waals surface area contributed by atoms with Crippen LogP contribution in [0.3, 0.4) is 0 Å². The van der Waals surface area contributed by atoms with E-state index in [1.807, 2.05) is 0 Å². The van der Waals surface area contributed by atoms with Crippen LogP contribution in [0.25, 0.3) is 62.3 Å². The Balaban J connectivity index is 1.59. The molecule has 0 amide bonds. The molecule has 0 bridgehead atoms. The van der Waals surface area contributed by atoms with Gasteiger partial charge in [-0.05, 0) is 29.3 Å². The molecule has 172 valence electrons. The molecule has 1 aliphatic carbocycles. The van der Waals surface area contributed by atoms with Gasteiger partial charge in [0.1, 0.15) is 0 Å². The van der Waals surface area contributed by atoms with Crippen LogP contribution in [-0.4, -0.2) is 14.5 Å². The highest BCUT2D eigenvalue weighted by Crippen LogP contribution is 2.33. The van der Waals surface area contributed by atoms with Crippen molar-refractivity contribution in [3.05, 3.63) is 114 Å². The van der Waals surface area contributed by atoms with Crippen molar-refractivity contribution in [1.82, 2.24) is 14.5 Å². The van der Waals surface area contributed by atoms with Gasteiger partial charge in [-0.2, -0.15) is 0 Å². The summed E-state index contributed by atoms with van der Waals surface area (Å²) in [5.41, 5.74) is 6.58. The molecule has 0 N–H and O–H groups in total. The Morgan fingerprint density at radius 2 is 1.17 bits per heavy atom. The van der Waals surface area contributed by atoms with Crippen molar-refractivity contribution >= 4 is 34.0 Å². The van der Waals surface area contributed by atoms with Gasteiger partial charge in [0.05, 0.1) is 22.1 Å². The normalized spacial score (nSPS) is 13.9. The van der Waals surface area contributed by atoms with Gasteiger partial charge in [0, 0.05) is 27.0 Å². The first-order valence-electron chi connectivity index (χ1n) is 12.4. The monoisotopic (exact) mass is 463 g/mol. The molecule has 1 aliphatic rings. The van der Waals surface area contributed by atoms with E-state index in [4.69, 9.17) is 9.97 Å². The van der Waals surface area contributed by atoms with E-state index in [2.05, 4.69) is 134 Å². The lowest BCUT2D eigenvalue weighted by atomic mass is 9.94. The van der Waals surface area contributed by atoms with Gasteiger partial charge in [-0.15, -0.1) is 0 Å². The van der Waals surface area contributed by atoms with Crippen molar-refractivity contribution in [1.29, 1.82) is 0 Å². The van der Waals surface area contributed by atoms with E-state index in [1.54, 1.807) is 0 Å². The van der Waals surface area contributed by atoms with Crippen molar-refractivity contribution in [2.24, 2.45) is 5.41 Å². The predicted molar refractivity (Wildman–Crippen MR) is 149 cm³/mol. The zero-order chi connectivity index (χ0) is 24.3. The van der Waals surface area contributed by atoms with Crippen molar-refractivity contribution in [2.75, 3.05) is 0 Å². The summed E-state index contributed by atoms with van der Waals surface area (Å²) < 4.78 is 2.21. The maximum Gasteiger partial charge on any atom is 0.235 e. The van der Waals surface area contributed by atoms with E-state index >= 15 is 0 Å². The molecule has 0 unspecified atom stereocenters. The average Bonchev–Trinajstić information content (AvgIpc) is 3.41. The lowest BCUT2D eigenvalue weighted by Crippen LogP contribution is -2.30. The number of para-hydroxylation sites is 2. The van der Waals surface area contributed by atoms with E-state index in [0.717, 1.165) is 32.9 Å². The minimum atomic E-state index is -0.0904. The summed E-state index contributed by atoms with van der Waals surface area (Å²) in [7, 11) is 0. The molecular weight excluding hydrogens is 438 g/mol. The SMILES string of the molecule is CC1(C)C=c2nc(-n3c4ccccc4c4ccccc43)nc(-c3ccccc3-c3ccccc3)c2=C1. The van der Waals surface area contributed by atoms with Crippen LogP contribution in [0.5, 0.6) is 0 Å². The van der Waals surface area contributed by atoms with Crippen LogP contribution in [0.15, 0.2) is 103 Å². The summed E-state index contributed by atoms with van der Waals surface area (Å²) in [4.78, 5) is 10.5. The minimum Gasteiger partial charge on any atom is -0.278 e. The van der Waals surface area contributed by atoms with E-state index in [-0.39, 0.29) is 5.41 Å². The molecule has 2 aromatic heterocycles. The summed E-state index contributed by atoms with van der Waals surface area (Å²) in [6.45, 7) is 4.45. The largest absolute Gasteiger partial charge is 0.278 e. The predicted octanol–water partition coefficient (Wildman–Crippen LogP) is 6.51. The van der Waals surface area contributed by atoms with Gasteiger partial charge in [-0.25, -0.2) is 9.97 Å². The molecule has 4 aromatic carbocycles. The number of nitrogens with zero attached hydrogens (tertiary/aromatic N) is 3. The molecule has 36 heavy (non-hydrogen) atoms. The molecule has 3 nitrogen and oxygen atoms in total. The van der Waals surface area contributed by atoms with Crippen LogP contribution in [-0.2, 0) is 0 Å². The summed E-state index contributed by atoms with van der Waals surface area (Å²) >= 11 is 0. The molecule has 0 fully saturated rings. The lowest BCUT2D eigenvalue weighted by molar-refractivity contribution is 0.723. The molecule has 0 radical (unpaired) electrons. The third-order valence-electron chi connectivity index (χ3n) is 7.04. The van der Waals surface area contributed by atoms with Gasteiger partial charge in [0.2, 0.25) is 5.95 Å². The highest BCUT2D eigenvalue weighted by atomic mass is 15.2. The Labute approximate surface area is 209 Å². The van der Waals surface area contributed by atoms with E-state index in [1.165, 1.54) is 21.9 Å². The van der Waals surface area contributed by atoms with Crippen LogP contribution >= 0.6 is 0 Å². The van der Waals surface area contributed by atoms with Crippen LogP contribution in [0.4, 0.5) is 0 Å². The molecule has 0 saturated heterocycles. The smallest absolute Gasteiger partial charge is 0.235 e. The molecule has 0 aliphatic heterocycles. The lowest BCUT2D eigenvalue weighted by Gasteiger charge is -2.13. The fourth-order valence-corrected chi connectivity index (χ4v) is 5.50. The molecule has 3 heteroatoms. The highest BCUT2D eigenvalue weighted by Gasteiger charge is 2.23. The molecule has 2 heterocycles. The molecule has 6 aromatic rings. The maximum absolute atomic E-state index is 5.31. The topological polar surface area (TPSA) is 30.7 Å². The summed E-state index contributed by atoms with van der Waals surface area (Å²) in [6, 6.07) is 36.1. The number of fused-ring (bicyclic) bond motifs is 4. The average molecular weight is 464 g/mol. The second-order valence-corrected chi connectivity index (χ2v) is 10.1. The van der Waals surface area contributed by atoms with E-state index in [9.17, 15) is 0 Å². The number of rotatable bonds is 3. The van der Waals surface area contributed by atoms with Crippen LogP contribution < -0.4 is 10.6 Å². The van der Waals surface area contributed by atoms with Gasteiger partial charge < -0.3 is 0 Å². The maximum atomic E-state index is 5.31. The fraction of sp³-hybridized carbons (Fsp3) is 0.0909. The van der Waals surface area contributed by atoms with Crippen molar-refractivity contribution in [3.63, 3.8) is 0 Å². The highest BCUT2D eigenvalue weighted by molar-refractivity contribution is 6.09. The number of benzene rings is 4. The third-order valence-corrected chi connectivity index (χ3v) is 7.04. The van der Waals surface area contributed by atoms with Crippen LogP contribution in [0, 0.1) is 5.41 Å². The van der Waals surface area contributed by atoms with Gasteiger partial charge in [0.15, 0.2) is 0 Å². The van der Waals surface area contributed by atoms with E-state index in [0.29, 0.717) is 5.95 Å². The number of hydrogen-bond acceptors (Lipinski definition) is 2. The summed E-state index contributed by atoms with van der Waals surface area (Å²) in [6.07, 6.45) is 4.56. The fourth-order valence-electron chi connectivity index (χ4n) is 5.50. The van der Waals surface area contributed by atoms with Gasteiger partial charge >= 0.3 is 0 Å². The van der Waals surface area contributed by atoms with Gasteiger partial charge in [-0.1, -0.05) is 111 Å². The summed E-state index contributed by atoms with van der Waals surface area (Å²) in [5, 5.41) is 4.51. The Morgan fingerprint density at radius 1 is 0.583 bits per heavy atom. The number of aromatic nitrogens is 3. The molecule has 7 rings (SSSR count). The standard InChI is InChI=1S/C33H25N3/c1-33(2)20-27-28(21-33)34-32(36-29-18-10-8-15-24(29)25-16-9-11-19-30(25)36)35-31(27)26-17-7-6-14-23(26)22-12-4-3-5-13-22/h3-21H,1-2H3. The van der Waals surface area contributed by atoms with Crippen LogP contribution in [0.1, 0.15) is 13.8 Å². The zero-order valence-electron chi connectivity index (χ0n) is 20.3. The first-order valence-corrected chi connectivity index (χ1v) is 12.4. The van der Waals surface area contributed by atoms with Crippen molar-refractivity contribution in [3.8, 4) is 28.3 Å². The molecule has 0 atom stereocenters. The Morgan fingerprint density at radius 3 is 1.86 bits per heavy atom. The second-order valence-electron chi connectivity index (χ2n) is 10.1. The van der Waals surface area contributed by atoms with Crippen molar-refractivity contribution < 1.29 is 0 Å². The second kappa shape index (κ2) is 7.76. The molecule has 0 saturated carbocycles. The Bertz CT molecular complexity index is 1860. The van der Waals surface area contributed by atoms with Gasteiger partial charge in [0.25, 0.3) is 0 Å².